The van der Waals surface area contributed by atoms with Gasteiger partial charge in [-0.2, -0.15) is 0 Å². The number of hydrogen-bond donors (Lipinski definition) is 2. The van der Waals surface area contributed by atoms with Crippen LogP contribution in [0, 0.1) is 0 Å². The predicted molar refractivity (Wildman–Crippen MR) is 58.1 cm³/mol. The third-order valence-corrected chi connectivity index (χ3v) is 2.84. The summed E-state index contributed by atoms with van der Waals surface area (Å²) in [6, 6.07) is 0.347. The van der Waals surface area contributed by atoms with Crippen LogP contribution in [0.4, 0.5) is 0 Å². The van der Waals surface area contributed by atoms with E-state index in [9.17, 15) is 13.5 Å². The highest BCUT2D eigenvalue weighted by Crippen LogP contribution is 1.99. The smallest absolute Gasteiger partial charge is 0.147 e. The normalized spacial score (nSPS) is 14.6. The minimum Gasteiger partial charge on any atom is -0.392 e. The molecule has 0 radical (unpaired) electrons. The molecule has 0 aliphatic carbocycles. The molecular formula is C9H21NO3S. The monoisotopic (exact) mass is 223 g/mol. The Bertz CT molecular complexity index is 236. The lowest BCUT2D eigenvalue weighted by Crippen LogP contribution is -2.32. The summed E-state index contributed by atoms with van der Waals surface area (Å²) >= 11 is 0. The van der Waals surface area contributed by atoms with Gasteiger partial charge in [-0.3, -0.25) is 0 Å². The Hall–Kier alpha value is -0.130. The van der Waals surface area contributed by atoms with Crippen molar-refractivity contribution < 1.29 is 13.5 Å². The molecule has 2 N–H and O–H groups in total. The van der Waals surface area contributed by atoms with Crippen LogP contribution in [0.2, 0.25) is 0 Å². The minimum absolute atomic E-state index is 0.158. The highest BCUT2D eigenvalue weighted by molar-refractivity contribution is 7.90. The lowest BCUT2D eigenvalue weighted by molar-refractivity contribution is 0.158. The average Bonchev–Trinajstić information content (AvgIpc) is 1.98. The van der Waals surface area contributed by atoms with Crippen LogP contribution in [0.15, 0.2) is 0 Å². The largest absolute Gasteiger partial charge is 0.392 e. The molecule has 0 rings (SSSR count). The summed E-state index contributed by atoms with van der Waals surface area (Å²) in [6.45, 7) is 4.54. The Balaban J connectivity index is 3.50. The molecule has 0 aliphatic heterocycles. The van der Waals surface area contributed by atoms with E-state index < -0.39 is 15.9 Å². The van der Waals surface area contributed by atoms with Crippen molar-refractivity contribution in [2.24, 2.45) is 0 Å². The quantitative estimate of drug-likeness (QED) is 0.646. The lowest BCUT2D eigenvalue weighted by atomic mass is 10.2. The Morgan fingerprint density at radius 1 is 1.36 bits per heavy atom. The van der Waals surface area contributed by atoms with Crippen LogP contribution in [0.1, 0.15) is 26.7 Å². The highest BCUT2D eigenvalue weighted by atomic mass is 32.2. The summed E-state index contributed by atoms with van der Waals surface area (Å²) in [6.07, 6.45) is 1.83. The maximum atomic E-state index is 10.8. The van der Waals surface area contributed by atoms with E-state index in [1.807, 2.05) is 13.8 Å². The molecule has 0 heterocycles. The fourth-order valence-corrected chi connectivity index (χ4v) is 1.75. The van der Waals surface area contributed by atoms with Crippen molar-refractivity contribution in [1.82, 2.24) is 5.32 Å². The molecule has 86 valence electrons. The van der Waals surface area contributed by atoms with Gasteiger partial charge < -0.3 is 10.4 Å². The average molecular weight is 223 g/mol. The maximum Gasteiger partial charge on any atom is 0.147 e. The predicted octanol–water partition coefficient (Wildman–Crippen LogP) is 0.170. The maximum absolute atomic E-state index is 10.8. The van der Waals surface area contributed by atoms with E-state index in [1.165, 1.54) is 6.26 Å². The van der Waals surface area contributed by atoms with Crippen molar-refractivity contribution in [3.8, 4) is 0 Å². The standard InChI is InChI=1S/C9H21NO3S/c1-8(2)10-7-9(11)5-4-6-14(3,12)13/h8-11H,4-7H2,1-3H3. The molecule has 1 atom stereocenters. The van der Waals surface area contributed by atoms with E-state index in [2.05, 4.69) is 5.32 Å². The molecule has 0 fully saturated rings. The van der Waals surface area contributed by atoms with Crippen molar-refractivity contribution in [2.75, 3.05) is 18.6 Å². The molecular weight excluding hydrogens is 202 g/mol. The van der Waals surface area contributed by atoms with Crippen molar-refractivity contribution in [3.63, 3.8) is 0 Å². The van der Waals surface area contributed by atoms with Crippen LogP contribution < -0.4 is 5.32 Å². The number of aliphatic hydroxyl groups is 1. The molecule has 0 aromatic rings. The molecule has 4 nitrogen and oxygen atoms in total. The van der Waals surface area contributed by atoms with Gasteiger partial charge in [-0.05, 0) is 12.8 Å². The van der Waals surface area contributed by atoms with Crippen LogP contribution in [-0.4, -0.2) is 44.2 Å². The van der Waals surface area contributed by atoms with Crippen LogP contribution >= 0.6 is 0 Å². The molecule has 5 heteroatoms. The van der Waals surface area contributed by atoms with E-state index in [0.29, 0.717) is 25.4 Å². The molecule has 0 aliphatic rings. The lowest BCUT2D eigenvalue weighted by Gasteiger charge is -2.13. The molecule has 0 bridgehead atoms. The van der Waals surface area contributed by atoms with Gasteiger partial charge in [-0.1, -0.05) is 13.8 Å². The Kier molecular flexibility index (Phi) is 6.31. The zero-order valence-corrected chi connectivity index (χ0v) is 9.97. The number of aliphatic hydroxyl groups excluding tert-OH is 1. The Morgan fingerprint density at radius 3 is 2.36 bits per heavy atom. The van der Waals surface area contributed by atoms with Crippen LogP contribution in [0.3, 0.4) is 0 Å². The first-order valence-electron chi connectivity index (χ1n) is 4.90. The molecule has 0 spiro atoms. The summed E-state index contributed by atoms with van der Waals surface area (Å²) in [7, 11) is -2.88. The summed E-state index contributed by atoms with van der Waals surface area (Å²) in [5.41, 5.74) is 0. The molecule has 0 amide bonds. The van der Waals surface area contributed by atoms with Gasteiger partial charge in [0.2, 0.25) is 0 Å². The van der Waals surface area contributed by atoms with Gasteiger partial charge in [0.05, 0.1) is 6.10 Å². The van der Waals surface area contributed by atoms with Gasteiger partial charge in [0.15, 0.2) is 0 Å². The number of nitrogens with one attached hydrogen (secondary N) is 1. The molecule has 14 heavy (non-hydrogen) atoms. The van der Waals surface area contributed by atoms with E-state index in [1.54, 1.807) is 0 Å². The molecule has 0 saturated heterocycles. The van der Waals surface area contributed by atoms with Gasteiger partial charge in [-0.25, -0.2) is 8.42 Å². The molecule has 0 aromatic carbocycles. The van der Waals surface area contributed by atoms with Gasteiger partial charge >= 0.3 is 0 Å². The topological polar surface area (TPSA) is 66.4 Å². The third-order valence-electron chi connectivity index (χ3n) is 1.81. The zero-order chi connectivity index (χ0) is 11.2. The molecule has 1 unspecified atom stereocenters. The van der Waals surface area contributed by atoms with Crippen molar-refractivity contribution in [1.29, 1.82) is 0 Å². The molecule has 0 saturated carbocycles. The van der Waals surface area contributed by atoms with E-state index in [0.717, 1.165) is 0 Å². The van der Waals surface area contributed by atoms with Crippen LogP contribution in [-0.2, 0) is 9.84 Å². The third kappa shape index (κ3) is 9.95. The first-order valence-corrected chi connectivity index (χ1v) is 6.96. The first-order chi connectivity index (χ1) is 6.31. The molecule has 0 aromatic heterocycles. The Morgan fingerprint density at radius 2 is 1.93 bits per heavy atom. The van der Waals surface area contributed by atoms with Gasteiger partial charge in [0.25, 0.3) is 0 Å². The summed E-state index contributed by atoms with van der Waals surface area (Å²) in [4.78, 5) is 0. The fourth-order valence-electron chi connectivity index (χ4n) is 1.05. The van der Waals surface area contributed by atoms with E-state index in [4.69, 9.17) is 0 Å². The second kappa shape index (κ2) is 6.37. The summed E-state index contributed by atoms with van der Waals surface area (Å²) in [5.74, 6) is 0.158. The van der Waals surface area contributed by atoms with Gasteiger partial charge in [0, 0.05) is 24.6 Å². The number of hydrogen-bond acceptors (Lipinski definition) is 4. The summed E-state index contributed by atoms with van der Waals surface area (Å²) in [5, 5.41) is 12.5. The van der Waals surface area contributed by atoms with Crippen LogP contribution in [0.5, 0.6) is 0 Å². The Labute approximate surface area is 86.6 Å². The van der Waals surface area contributed by atoms with Crippen molar-refractivity contribution >= 4 is 9.84 Å². The first kappa shape index (κ1) is 13.9. The number of rotatable bonds is 7. The van der Waals surface area contributed by atoms with E-state index in [-0.39, 0.29) is 5.75 Å². The van der Waals surface area contributed by atoms with Gasteiger partial charge in [-0.15, -0.1) is 0 Å². The summed E-state index contributed by atoms with van der Waals surface area (Å²) < 4.78 is 21.6. The second-order valence-corrected chi connectivity index (χ2v) is 6.25. The zero-order valence-electron chi connectivity index (χ0n) is 9.16. The van der Waals surface area contributed by atoms with Gasteiger partial charge in [0.1, 0.15) is 9.84 Å². The van der Waals surface area contributed by atoms with Crippen molar-refractivity contribution in [2.45, 2.75) is 38.8 Å². The van der Waals surface area contributed by atoms with E-state index >= 15 is 0 Å². The highest BCUT2D eigenvalue weighted by Gasteiger charge is 2.07. The second-order valence-electron chi connectivity index (χ2n) is 3.99. The minimum atomic E-state index is -2.88. The fraction of sp³-hybridized carbons (Fsp3) is 1.00. The number of sulfone groups is 1. The van der Waals surface area contributed by atoms with Crippen LogP contribution in [0.25, 0.3) is 0 Å². The van der Waals surface area contributed by atoms with Crippen molar-refractivity contribution in [3.05, 3.63) is 0 Å². The SMILES string of the molecule is CC(C)NCC(O)CCCS(C)(=O)=O.